The van der Waals surface area contributed by atoms with E-state index in [9.17, 15) is 0 Å². The third kappa shape index (κ3) is 16.2. The standard InChI is InChI=1S/C54H63N9/c1-4-13-49(14-5-1)61-52-25-19-46(20-26-52)58-34-10-31-55-40-43-37-44(41-56-32-11-35-59-47-21-27-53(28-22-47)62-50-15-6-2-7-16-50)39-45(38-43)42-57-33-12-36-60-48-23-29-54(30-24-48)63-51-17-8-3-9-18-51/h1-9,13-30,37-39,55-63H,10-12,31-36,40-42H2. The molecule has 9 nitrogen and oxygen atoms in total. The maximum absolute atomic E-state index is 3.69. The van der Waals surface area contributed by atoms with Crippen molar-refractivity contribution in [2.45, 2.75) is 38.9 Å². The van der Waals surface area contributed by atoms with E-state index in [0.717, 1.165) is 129 Å². The number of benzene rings is 7. The number of hydrogen-bond donors (Lipinski definition) is 9. The van der Waals surface area contributed by atoms with Gasteiger partial charge in [0.25, 0.3) is 0 Å². The molecule has 0 aliphatic rings. The minimum Gasteiger partial charge on any atom is -0.385 e. The molecule has 63 heavy (non-hydrogen) atoms. The second-order valence-electron chi connectivity index (χ2n) is 15.7. The molecule has 9 heteroatoms. The summed E-state index contributed by atoms with van der Waals surface area (Å²) in [7, 11) is 0. The highest BCUT2D eigenvalue weighted by Gasteiger charge is 2.04. The highest BCUT2D eigenvalue weighted by atomic mass is 14.9. The zero-order chi connectivity index (χ0) is 43.0. The van der Waals surface area contributed by atoms with E-state index in [1.54, 1.807) is 0 Å². The van der Waals surface area contributed by atoms with Crippen LogP contribution in [0.2, 0.25) is 0 Å². The van der Waals surface area contributed by atoms with E-state index in [0.29, 0.717) is 0 Å². The zero-order valence-electron chi connectivity index (χ0n) is 36.3. The molecule has 0 spiro atoms. The molecule has 0 aromatic heterocycles. The Morgan fingerprint density at radius 2 is 0.476 bits per heavy atom. The van der Waals surface area contributed by atoms with E-state index in [2.05, 4.69) is 175 Å². The largest absolute Gasteiger partial charge is 0.385 e. The molecule has 0 unspecified atom stereocenters. The van der Waals surface area contributed by atoms with E-state index in [1.807, 2.05) is 54.6 Å². The summed E-state index contributed by atoms with van der Waals surface area (Å²) in [6, 6.07) is 63.3. The minimum atomic E-state index is 0.841. The molecule has 0 saturated heterocycles. The van der Waals surface area contributed by atoms with Gasteiger partial charge in [-0.05, 0) is 165 Å². The molecule has 0 radical (unpaired) electrons. The zero-order valence-corrected chi connectivity index (χ0v) is 36.3. The van der Waals surface area contributed by atoms with Crippen LogP contribution in [0.25, 0.3) is 0 Å². The summed E-state index contributed by atoms with van der Waals surface area (Å²) in [4.78, 5) is 0. The lowest BCUT2D eigenvalue weighted by atomic mass is 10.0. The van der Waals surface area contributed by atoms with Gasteiger partial charge in [-0.3, -0.25) is 0 Å². The lowest BCUT2D eigenvalue weighted by Gasteiger charge is -2.14. The summed E-state index contributed by atoms with van der Waals surface area (Å²) in [5.74, 6) is 0. The van der Waals surface area contributed by atoms with Crippen molar-refractivity contribution in [3.8, 4) is 0 Å². The maximum atomic E-state index is 3.69. The summed E-state index contributed by atoms with van der Waals surface area (Å²) in [6.45, 7) is 8.08. The van der Waals surface area contributed by atoms with Gasteiger partial charge in [-0.2, -0.15) is 0 Å². The molecule has 7 aromatic rings. The monoisotopic (exact) mass is 838 g/mol. The van der Waals surface area contributed by atoms with E-state index >= 15 is 0 Å². The Labute approximate surface area is 374 Å². The molecule has 0 heterocycles. The number of hydrogen-bond acceptors (Lipinski definition) is 9. The van der Waals surface area contributed by atoms with Crippen molar-refractivity contribution in [3.05, 3.63) is 199 Å². The topological polar surface area (TPSA) is 108 Å². The third-order valence-electron chi connectivity index (χ3n) is 10.5. The molecular weight excluding hydrogens is 775 g/mol. The molecule has 0 saturated carbocycles. The predicted octanol–water partition coefficient (Wildman–Crippen LogP) is 11.7. The maximum Gasteiger partial charge on any atom is 0.0385 e. The Hall–Kier alpha value is -6.78. The van der Waals surface area contributed by atoms with E-state index in [-0.39, 0.29) is 0 Å². The van der Waals surface area contributed by atoms with Gasteiger partial charge in [0.15, 0.2) is 0 Å². The van der Waals surface area contributed by atoms with Crippen LogP contribution in [0.3, 0.4) is 0 Å². The van der Waals surface area contributed by atoms with Gasteiger partial charge >= 0.3 is 0 Å². The smallest absolute Gasteiger partial charge is 0.0385 e. The van der Waals surface area contributed by atoms with Gasteiger partial charge in [0, 0.05) is 90.5 Å². The minimum absolute atomic E-state index is 0.841. The van der Waals surface area contributed by atoms with Crippen LogP contribution >= 0.6 is 0 Å². The van der Waals surface area contributed by atoms with Gasteiger partial charge in [0.1, 0.15) is 0 Å². The van der Waals surface area contributed by atoms with Crippen molar-refractivity contribution in [3.63, 3.8) is 0 Å². The van der Waals surface area contributed by atoms with Crippen LogP contribution in [0.5, 0.6) is 0 Å². The summed E-state index contributed by atoms with van der Waals surface area (Å²) in [5.41, 5.74) is 13.9. The molecule has 9 N–H and O–H groups in total. The van der Waals surface area contributed by atoms with Crippen LogP contribution in [-0.4, -0.2) is 39.3 Å². The molecule has 324 valence electrons. The van der Waals surface area contributed by atoms with Gasteiger partial charge in [-0.1, -0.05) is 72.8 Å². The Balaban J connectivity index is 0.823. The lowest BCUT2D eigenvalue weighted by Crippen LogP contribution is -2.21. The molecule has 0 aliphatic heterocycles. The van der Waals surface area contributed by atoms with Crippen molar-refractivity contribution in [2.75, 3.05) is 71.2 Å². The van der Waals surface area contributed by atoms with Crippen LogP contribution in [0.4, 0.5) is 51.2 Å². The Kier molecular flexibility index (Phi) is 17.7. The van der Waals surface area contributed by atoms with Gasteiger partial charge in [-0.25, -0.2) is 0 Å². The van der Waals surface area contributed by atoms with Crippen LogP contribution in [-0.2, 0) is 19.6 Å². The van der Waals surface area contributed by atoms with Crippen LogP contribution in [0.15, 0.2) is 182 Å². The van der Waals surface area contributed by atoms with E-state index < -0.39 is 0 Å². The fourth-order valence-corrected chi connectivity index (χ4v) is 7.26. The highest BCUT2D eigenvalue weighted by molar-refractivity contribution is 5.64. The second-order valence-corrected chi connectivity index (χ2v) is 15.7. The first-order chi connectivity index (χ1) is 31.2. The quantitative estimate of drug-likeness (QED) is 0.0234. The average molecular weight is 838 g/mol. The van der Waals surface area contributed by atoms with Crippen molar-refractivity contribution < 1.29 is 0 Å². The first kappa shape index (κ1) is 44.3. The van der Waals surface area contributed by atoms with E-state index in [1.165, 1.54) is 16.7 Å². The number of rotatable bonds is 27. The van der Waals surface area contributed by atoms with Crippen molar-refractivity contribution >= 4 is 51.2 Å². The van der Waals surface area contributed by atoms with Crippen molar-refractivity contribution in [1.29, 1.82) is 0 Å². The van der Waals surface area contributed by atoms with Crippen molar-refractivity contribution in [2.24, 2.45) is 0 Å². The molecule has 0 aliphatic carbocycles. The Morgan fingerprint density at radius 1 is 0.238 bits per heavy atom. The molecular formula is C54H63N9. The first-order valence-corrected chi connectivity index (χ1v) is 22.4. The summed E-state index contributed by atoms with van der Waals surface area (Å²) >= 11 is 0. The summed E-state index contributed by atoms with van der Waals surface area (Å²) in [5, 5.41) is 32.1. The number of anilines is 9. The Bertz CT molecular complexity index is 2030. The highest BCUT2D eigenvalue weighted by Crippen LogP contribution is 2.21. The predicted molar refractivity (Wildman–Crippen MR) is 269 cm³/mol. The summed E-state index contributed by atoms with van der Waals surface area (Å²) < 4.78 is 0. The SMILES string of the molecule is c1ccc(Nc2ccc(NCCCNCc3cc(CNCCCNc4ccc(Nc5ccccc5)cc4)cc(CNCCCNc4ccc(Nc5ccccc5)cc4)c3)cc2)cc1. The number of para-hydroxylation sites is 3. The van der Waals surface area contributed by atoms with Gasteiger partial charge < -0.3 is 47.9 Å². The third-order valence-corrected chi connectivity index (χ3v) is 10.5. The van der Waals surface area contributed by atoms with E-state index in [4.69, 9.17) is 0 Å². The van der Waals surface area contributed by atoms with Gasteiger partial charge in [-0.15, -0.1) is 0 Å². The fraction of sp³-hybridized carbons (Fsp3) is 0.222. The first-order valence-electron chi connectivity index (χ1n) is 22.4. The van der Waals surface area contributed by atoms with Crippen LogP contribution in [0.1, 0.15) is 36.0 Å². The molecule has 0 amide bonds. The normalized spacial score (nSPS) is 10.9. The summed E-state index contributed by atoms with van der Waals surface area (Å²) in [6.07, 6.45) is 3.10. The Morgan fingerprint density at radius 3 is 0.746 bits per heavy atom. The molecule has 7 rings (SSSR count). The van der Waals surface area contributed by atoms with Crippen LogP contribution in [0, 0.1) is 0 Å². The molecule has 7 aromatic carbocycles. The van der Waals surface area contributed by atoms with Gasteiger partial charge in [0.05, 0.1) is 0 Å². The molecule has 0 fully saturated rings. The van der Waals surface area contributed by atoms with Crippen molar-refractivity contribution in [1.82, 2.24) is 16.0 Å². The second kappa shape index (κ2) is 25.2. The number of nitrogens with one attached hydrogen (secondary N) is 9. The lowest BCUT2D eigenvalue weighted by molar-refractivity contribution is 0.644. The average Bonchev–Trinajstić information content (AvgIpc) is 3.32. The molecule has 0 bridgehead atoms. The van der Waals surface area contributed by atoms with Gasteiger partial charge in [0.2, 0.25) is 0 Å². The fourth-order valence-electron chi connectivity index (χ4n) is 7.26. The van der Waals surface area contributed by atoms with Crippen LogP contribution < -0.4 is 47.9 Å². The molecule has 0 atom stereocenters.